The second kappa shape index (κ2) is 5.90. The van der Waals surface area contributed by atoms with E-state index in [0.29, 0.717) is 0 Å². The topological polar surface area (TPSA) is 29.5 Å². The van der Waals surface area contributed by atoms with Crippen LogP contribution < -0.4 is 4.74 Å². The highest BCUT2D eigenvalue weighted by Gasteiger charge is 2.31. The van der Waals surface area contributed by atoms with Crippen molar-refractivity contribution in [3.63, 3.8) is 0 Å². The van der Waals surface area contributed by atoms with Gasteiger partial charge in [-0.3, -0.25) is 0 Å². The van der Waals surface area contributed by atoms with Gasteiger partial charge >= 0.3 is 0 Å². The number of hydrogen-bond donors (Lipinski definition) is 1. The largest absolute Gasteiger partial charge is 0.485 e. The molecular formula is C19H24O2. The molecule has 0 amide bonds. The summed E-state index contributed by atoms with van der Waals surface area (Å²) in [6.07, 6.45) is -0.682. The maximum absolute atomic E-state index is 10.6. The third-order valence-corrected chi connectivity index (χ3v) is 3.98. The van der Waals surface area contributed by atoms with E-state index in [0.717, 1.165) is 16.9 Å². The molecule has 0 aliphatic rings. The number of aliphatic hydroxyl groups is 1. The van der Waals surface area contributed by atoms with Crippen molar-refractivity contribution in [3.05, 3.63) is 64.7 Å². The molecule has 0 bridgehead atoms. The Labute approximate surface area is 127 Å². The molecule has 0 heterocycles. The van der Waals surface area contributed by atoms with Gasteiger partial charge in [0, 0.05) is 0 Å². The van der Waals surface area contributed by atoms with Gasteiger partial charge in [0.1, 0.15) is 17.5 Å². The predicted octanol–water partition coefficient (Wildman–Crippen LogP) is 4.50. The van der Waals surface area contributed by atoms with E-state index in [4.69, 9.17) is 4.74 Å². The molecule has 0 saturated carbocycles. The van der Waals surface area contributed by atoms with E-state index in [1.54, 1.807) is 0 Å². The SMILES string of the molecule is Cc1ccc([C@@H](O)C(C)(C)Oc2cccc(C)c2C)cc1. The molecule has 2 aromatic rings. The molecule has 1 N–H and O–H groups in total. The first-order chi connectivity index (χ1) is 9.81. The number of benzene rings is 2. The van der Waals surface area contributed by atoms with Gasteiger partial charge < -0.3 is 9.84 Å². The highest BCUT2D eigenvalue weighted by molar-refractivity contribution is 5.39. The van der Waals surface area contributed by atoms with Crippen LogP contribution in [0.25, 0.3) is 0 Å². The number of rotatable bonds is 4. The average Bonchev–Trinajstić information content (AvgIpc) is 2.44. The molecule has 1 atom stereocenters. The maximum Gasteiger partial charge on any atom is 0.133 e. The molecule has 0 aromatic heterocycles. The molecule has 0 aliphatic carbocycles. The minimum atomic E-state index is -0.701. The molecular weight excluding hydrogens is 260 g/mol. The lowest BCUT2D eigenvalue weighted by atomic mass is 9.93. The lowest BCUT2D eigenvalue weighted by Gasteiger charge is -2.32. The Morgan fingerprint density at radius 2 is 1.57 bits per heavy atom. The Kier molecular flexibility index (Phi) is 4.38. The van der Waals surface area contributed by atoms with Gasteiger partial charge in [-0.1, -0.05) is 42.0 Å². The third-order valence-electron chi connectivity index (χ3n) is 3.98. The standard InChI is InChI=1S/C19H24O2/c1-13-9-11-16(12-10-13)18(20)19(4,5)21-17-8-6-7-14(2)15(17)3/h6-12,18,20H,1-5H3/t18-/m1/s1. The van der Waals surface area contributed by atoms with Crippen molar-refractivity contribution in [3.8, 4) is 5.75 Å². The Bertz CT molecular complexity index is 612. The summed E-state index contributed by atoms with van der Waals surface area (Å²) in [5.41, 5.74) is 3.65. The zero-order chi connectivity index (χ0) is 15.6. The Morgan fingerprint density at radius 1 is 0.952 bits per heavy atom. The average molecular weight is 284 g/mol. The fourth-order valence-corrected chi connectivity index (χ4v) is 2.32. The Morgan fingerprint density at radius 3 is 2.19 bits per heavy atom. The smallest absolute Gasteiger partial charge is 0.133 e. The molecule has 0 aliphatic heterocycles. The number of hydrogen-bond acceptors (Lipinski definition) is 2. The van der Waals surface area contributed by atoms with Crippen LogP contribution in [0.2, 0.25) is 0 Å². The van der Waals surface area contributed by atoms with Gasteiger partial charge in [0.05, 0.1) is 0 Å². The van der Waals surface area contributed by atoms with Crippen LogP contribution in [-0.2, 0) is 0 Å². The lowest BCUT2D eigenvalue weighted by molar-refractivity contribution is -0.0305. The Balaban J connectivity index is 2.24. The predicted molar refractivity (Wildman–Crippen MR) is 86.8 cm³/mol. The van der Waals surface area contributed by atoms with Gasteiger partial charge in [0.25, 0.3) is 0 Å². The van der Waals surface area contributed by atoms with Crippen molar-refractivity contribution in [1.82, 2.24) is 0 Å². The van der Waals surface area contributed by atoms with Crippen molar-refractivity contribution < 1.29 is 9.84 Å². The van der Waals surface area contributed by atoms with Crippen LogP contribution >= 0.6 is 0 Å². The first kappa shape index (κ1) is 15.6. The van der Waals surface area contributed by atoms with Crippen LogP contribution in [-0.4, -0.2) is 10.7 Å². The van der Waals surface area contributed by atoms with Gasteiger partial charge in [-0.25, -0.2) is 0 Å². The van der Waals surface area contributed by atoms with E-state index in [1.165, 1.54) is 11.1 Å². The zero-order valence-corrected chi connectivity index (χ0v) is 13.5. The molecule has 0 fully saturated rings. The molecule has 0 unspecified atom stereocenters. The van der Waals surface area contributed by atoms with Crippen LogP contribution in [0.3, 0.4) is 0 Å². The van der Waals surface area contributed by atoms with E-state index in [2.05, 4.69) is 13.0 Å². The van der Waals surface area contributed by atoms with Gasteiger partial charge in [-0.05, 0) is 57.4 Å². The fraction of sp³-hybridized carbons (Fsp3) is 0.368. The second-order valence-corrected chi connectivity index (χ2v) is 6.22. The number of aryl methyl sites for hydroxylation is 2. The molecule has 2 heteroatoms. The van der Waals surface area contributed by atoms with Crippen LogP contribution in [0, 0.1) is 20.8 Å². The molecule has 112 valence electrons. The third kappa shape index (κ3) is 3.45. The van der Waals surface area contributed by atoms with E-state index in [1.807, 2.05) is 64.1 Å². The molecule has 2 rings (SSSR count). The summed E-state index contributed by atoms with van der Waals surface area (Å²) < 4.78 is 6.11. The van der Waals surface area contributed by atoms with E-state index < -0.39 is 11.7 Å². The van der Waals surface area contributed by atoms with E-state index in [-0.39, 0.29) is 0 Å². The summed E-state index contributed by atoms with van der Waals surface area (Å²) in [6.45, 7) is 9.97. The molecule has 21 heavy (non-hydrogen) atoms. The Hall–Kier alpha value is -1.80. The zero-order valence-electron chi connectivity index (χ0n) is 13.5. The highest BCUT2D eigenvalue weighted by Crippen LogP contribution is 2.32. The molecule has 0 spiro atoms. The summed E-state index contributed by atoms with van der Waals surface area (Å²) in [5.74, 6) is 0.825. The van der Waals surface area contributed by atoms with Gasteiger partial charge in [0.15, 0.2) is 0 Å². The van der Waals surface area contributed by atoms with Crippen molar-refractivity contribution in [1.29, 1.82) is 0 Å². The normalized spacial score (nSPS) is 13.0. The van der Waals surface area contributed by atoms with Gasteiger partial charge in [-0.15, -0.1) is 0 Å². The second-order valence-electron chi connectivity index (χ2n) is 6.22. The van der Waals surface area contributed by atoms with Crippen LogP contribution in [0.4, 0.5) is 0 Å². The lowest BCUT2D eigenvalue weighted by Crippen LogP contribution is -2.36. The monoisotopic (exact) mass is 284 g/mol. The summed E-state index contributed by atoms with van der Waals surface area (Å²) in [7, 11) is 0. The molecule has 2 nitrogen and oxygen atoms in total. The van der Waals surface area contributed by atoms with Gasteiger partial charge in [-0.2, -0.15) is 0 Å². The van der Waals surface area contributed by atoms with Crippen LogP contribution in [0.15, 0.2) is 42.5 Å². The van der Waals surface area contributed by atoms with Crippen LogP contribution in [0.5, 0.6) is 5.75 Å². The summed E-state index contributed by atoms with van der Waals surface area (Å²) in [6, 6.07) is 13.9. The number of ether oxygens (including phenoxy) is 1. The number of aliphatic hydroxyl groups excluding tert-OH is 1. The maximum atomic E-state index is 10.6. The first-order valence-electron chi connectivity index (χ1n) is 7.31. The highest BCUT2D eigenvalue weighted by atomic mass is 16.5. The van der Waals surface area contributed by atoms with Crippen molar-refractivity contribution >= 4 is 0 Å². The van der Waals surface area contributed by atoms with E-state index in [9.17, 15) is 5.11 Å². The van der Waals surface area contributed by atoms with Crippen molar-refractivity contribution in [2.24, 2.45) is 0 Å². The van der Waals surface area contributed by atoms with Gasteiger partial charge in [0.2, 0.25) is 0 Å². The van der Waals surface area contributed by atoms with Crippen molar-refractivity contribution in [2.75, 3.05) is 0 Å². The quantitative estimate of drug-likeness (QED) is 0.895. The fourth-order valence-electron chi connectivity index (χ4n) is 2.32. The van der Waals surface area contributed by atoms with E-state index >= 15 is 0 Å². The summed E-state index contributed by atoms with van der Waals surface area (Å²) in [5, 5.41) is 10.6. The minimum absolute atomic E-state index is 0.682. The summed E-state index contributed by atoms with van der Waals surface area (Å²) >= 11 is 0. The molecule has 0 saturated heterocycles. The van der Waals surface area contributed by atoms with Crippen LogP contribution in [0.1, 0.15) is 42.2 Å². The first-order valence-corrected chi connectivity index (χ1v) is 7.31. The summed E-state index contributed by atoms with van der Waals surface area (Å²) in [4.78, 5) is 0. The molecule has 0 radical (unpaired) electrons. The van der Waals surface area contributed by atoms with Crippen molar-refractivity contribution in [2.45, 2.75) is 46.3 Å². The minimum Gasteiger partial charge on any atom is -0.485 e. The molecule has 2 aromatic carbocycles.